The number of ether oxygens (including phenoxy) is 3. The number of likely N-dealkylation sites (tertiary alicyclic amines) is 1. The first-order valence-electron chi connectivity index (χ1n) is 13.3. The minimum absolute atomic E-state index is 0.0973. The van der Waals surface area contributed by atoms with Crippen molar-refractivity contribution in [3.8, 4) is 23.1 Å². The third kappa shape index (κ3) is 5.93. The second kappa shape index (κ2) is 11.8. The second-order valence-electron chi connectivity index (χ2n) is 10.0. The Balaban J connectivity index is 1.38. The number of nitrogens with one attached hydrogen (secondary N) is 1. The van der Waals surface area contributed by atoms with Crippen molar-refractivity contribution in [2.24, 2.45) is 0 Å². The summed E-state index contributed by atoms with van der Waals surface area (Å²) in [6.45, 7) is 9.29. The number of aromatic nitrogens is 1. The molecule has 0 atom stereocenters. The number of allylic oxidation sites excluding steroid dienone is 1. The highest BCUT2D eigenvalue weighted by Crippen LogP contribution is 2.35. The summed E-state index contributed by atoms with van der Waals surface area (Å²) in [6.07, 6.45) is 4.41. The monoisotopic (exact) mass is 517 g/mol. The minimum Gasteiger partial charge on any atom is -0.473 e. The maximum atomic E-state index is 13.0. The van der Waals surface area contributed by atoms with Gasteiger partial charge in [0, 0.05) is 62.0 Å². The summed E-state index contributed by atoms with van der Waals surface area (Å²) in [4.78, 5) is 21.8. The normalized spacial score (nSPS) is 19.7. The molecule has 0 aliphatic carbocycles. The van der Waals surface area contributed by atoms with Crippen LogP contribution in [0, 0.1) is 18.3 Å². The van der Waals surface area contributed by atoms with Crippen molar-refractivity contribution < 1.29 is 19.0 Å². The van der Waals surface area contributed by atoms with E-state index in [2.05, 4.69) is 29.3 Å². The van der Waals surface area contributed by atoms with Gasteiger partial charge in [-0.3, -0.25) is 0 Å². The molecule has 9 heteroatoms. The van der Waals surface area contributed by atoms with Crippen molar-refractivity contribution in [3.63, 3.8) is 0 Å². The van der Waals surface area contributed by atoms with Crippen LogP contribution in [0.5, 0.6) is 5.88 Å². The number of morpholine rings is 1. The zero-order chi connectivity index (χ0) is 26.5. The molecule has 1 aromatic heterocycles. The molecule has 9 nitrogen and oxygen atoms in total. The number of pyridine rings is 1. The maximum Gasteiger partial charge on any atom is 0.322 e. The number of amides is 2. The number of hydrogen-bond donors (Lipinski definition) is 1. The van der Waals surface area contributed by atoms with Crippen molar-refractivity contribution in [3.05, 3.63) is 47.2 Å². The first-order chi connectivity index (χ1) is 18.5. The number of carbonyl (C=O) groups is 1. The molecule has 1 aromatic carbocycles. The Morgan fingerprint density at radius 1 is 1.13 bits per heavy atom. The number of carbonyl (C=O) groups excluding carboxylic acids is 1. The molecule has 2 amide bonds. The van der Waals surface area contributed by atoms with E-state index in [0.29, 0.717) is 51.0 Å². The molecule has 3 fully saturated rings. The molecule has 0 saturated carbocycles. The van der Waals surface area contributed by atoms with Gasteiger partial charge in [-0.15, -0.1) is 0 Å². The van der Waals surface area contributed by atoms with Crippen molar-refractivity contribution in [1.82, 2.24) is 9.88 Å². The van der Waals surface area contributed by atoms with Crippen molar-refractivity contribution in [2.45, 2.75) is 39.2 Å². The van der Waals surface area contributed by atoms with Gasteiger partial charge < -0.3 is 29.3 Å². The molecule has 2 aromatic rings. The fourth-order valence-corrected chi connectivity index (χ4v) is 5.09. The summed E-state index contributed by atoms with van der Waals surface area (Å²) in [7, 11) is 0. The number of benzene rings is 1. The first-order valence-corrected chi connectivity index (χ1v) is 13.3. The van der Waals surface area contributed by atoms with Gasteiger partial charge in [-0.25, -0.2) is 9.78 Å². The van der Waals surface area contributed by atoms with E-state index in [1.54, 1.807) is 4.90 Å². The number of hydrogen-bond acceptors (Lipinski definition) is 7. The minimum atomic E-state index is -0.159. The second-order valence-corrected chi connectivity index (χ2v) is 10.0. The van der Waals surface area contributed by atoms with Crippen LogP contribution in [0.1, 0.15) is 31.7 Å². The number of aryl methyl sites for hydroxylation is 1. The van der Waals surface area contributed by atoms with Crippen LogP contribution in [0.4, 0.5) is 16.2 Å². The predicted octanol–water partition coefficient (Wildman–Crippen LogP) is 4.53. The summed E-state index contributed by atoms with van der Waals surface area (Å²) in [6, 6.07) is 10.1. The quantitative estimate of drug-likeness (QED) is 0.582. The number of anilines is 2. The molecule has 3 aliphatic rings. The topological polar surface area (TPSA) is 100.0 Å². The summed E-state index contributed by atoms with van der Waals surface area (Å²) < 4.78 is 17.4. The fourth-order valence-electron chi connectivity index (χ4n) is 5.09. The van der Waals surface area contributed by atoms with Gasteiger partial charge in [-0.1, -0.05) is 6.07 Å². The molecular weight excluding hydrogens is 482 g/mol. The third-order valence-electron chi connectivity index (χ3n) is 7.48. The zero-order valence-electron chi connectivity index (χ0n) is 22.2. The Hall–Kier alpha value is -3.61. The van der Waals surface area contributed by atoms with Crippen molar-refractivity contribution >= 4 is 17.4 Å². The molecule has 0 radical (unpaired) electrons. The van der Waals surface area contributed by atoms with E-state index >= 15 is 0 Å². The molecule has 200 valence electrons. The van der Waals surface area contributed by atoms with Gasteiger partial charge in [-0.05, 0) is 55.2 Å². The largest absolute Gasteiger partial charge is 0.473 e. The number of nitriles is 1. The number of urea groups is 1. The van der Waals surface area contributed by atoms with Gasteiger partial charge in [0.25, 0.3) is 0 Å². The van der Waals surface area contributed by atoms with Crippen LogP contribution in [-0.4, -0.2) is 74.6 Å². The van der Waals surface area contributed by atoms with E-state index in [4.69, 9.17) is 24.5 Å². The highest BCUT2D eigenvalue weighted by Gasteiger charge is 2.25. The number of rotatable bonds is 5. The van der Waals surface area contributed by atoms with E-state index < -0.39 is 0 Å². The predicted molar refractivity (Wildman–Crippen MR) is 145 cm³/mol. The van der Waals surface area contributed by atoms with Gasteiger partial charge in [0.05, 0.1) is 32.5 Å². The highest BCUT2D eigenvalue weighted by molar-refractivity contribution is 5.91. The van der Waals surface area contributed by atoms with E-state index in [-0.39, 0.29) is 12.1 Å². The average Bonchev–Trinajstić information content (AvgIpc) is 3.46. The molecule has 3 saturated heterocycles. The lowest BCUT2D eigenvalue weighted by Crippen LogP contribution is -2.37. The molecule has 0 unspecified atom stereocenters. The molecule has 1 N–H and O–H groups in total. The standard InChI is InChI=1S/C29H35N5O4/c1-20-3-4-24(32-29(35)34-8-5-22(19-34)21(2)17-30)16-26(20)23-15-27(33-9-13-37-14-10-33)28(31-18-23)38-25-6-11-36-12-7-25/h3-4,15-16,18,25H,5-14,19H2,1-2H3,(H,32,35)/b22-21-. The SMILES string of the molecule is C/C(C#N)=C1\CCN(C(=O)Nc2ccc(C)c(-c3cnc(OC4CCOCC4)c(N4CCOCC4)c3)c2)C1. The lowest BCUT2D eigenvalue weighted by atomic mass is 10.0. The third-order valence-corrected chi connectivity index (χ3v) is 7.48. The van der Waals surface area contributed by atoms with Crippen LogP contribution < -0.4 is 15.0 Å². The molecule has 0 bridgehead atoms. The Morgan fingerprint density at radius 3 is 2.66 bits per heavy atom. The lowest BCUT2D eigenvalue weighted by molar-refractivity contribution is 0.0238. The van der Waals surface area contributed by atoms with Gasteiger partial charge in [-0.2, -0.15) is 5.26 Å². The summed E-state index contributed by atoms with van der Waals surface area (Å²) in [5, 5.41) is 12.2. The first kappa shape index (κ1) is 26.0. The highest BCUT2D eigenvalue weighted by atomic mass is 16.5. The molecule has 4 heterocycles. The van der Waals surface area contributed by atoms with Gasteiger partial charge in [0.2, 0.25) is 5.88 Å². The average molecular weight is 518 g/mol. The maximum absolute atomic E-state index is 13.0. The van der Waals surface area contributed by atoms with Gasteiger partial charge >= 0.3 is 6.03 Å². The Kier molecular flexibility index (Phi) is 8.11. The molecule has 3 aliphatic heterocycles. The van der Waals surface area contributed by atoms with Crippen LogP contribution in [0.15, 0.2) is 41.6 Å². The summed E-state index contributed by atoms with van der Waals surface area (Å²) in [5.41, 5.74) is 6.48. The molecule has 0 spiro atoms. The van der Waals surface area contributed by atoms with Crippen molar-refractivity contribution in [1.29, 1.82) is 5.26 Å². The van der Waals surface area contributed by atoms with Crippen LogP contribution >= 0.6 is 0 Å². The lowest BCUT2D eigenvalue weighted by Gasteiger charge is -2.31. The summed E-state index contributed by atoms with van der Waals surface area (Å²) >= 11 is 0. The number of nitrogens with zero attached hydrogens (tertiary/aromatic N) is 4. The van der Waals surface area contributed by atoms with E-state index in [0.717, 1.165) is 66.0 Å². The van der Waals surface area contributed by atoms with E-state index in [9.17, 15) is 4.79 Å². The fraction of sp³-hybridized carbons (Fsp3) is 0.483. The zero-order valence-corrected chi connectivity index (χ0v) is 22.2. The smallest absolute Gasteiger partial charge is 0.322 e. The van der Waals surface area contributed by atoms with Gasteiger partial charge in [0.1, 0.15) is 11.8 Å². The Bertz CT molecular complexity index is 1240. The van der Waals surface area contributed by atoms with Gasteiger partial charge in [0.15, 0.2) is 0 Å². The molecular formula is C29H35N5O4. The van der Waals surface area contributed by atoms with Crippen LogP contribution in [0.2, 0.25) is 0 Å². The molecule has 38 heavy (non-hydrogen) atoms. The summed E-state index contributed by atoms with van der Waals surface area (Å²) in [5.74, 6) is 0.648. The van der Waals surface area contributed by atoms with Crippen LogP contribution in [0.3, 0.4) is 0 Å². The van der Waals surface area contributed by atoms with Crippen LogP contribution in [0.25, 0.3) is 11.1 Å². The van der Waals surface area contributed by atoms with Crippen LogP contribution in [-0.2, 0) is 9.47 Å². The van der Waals surface area contributed by atoms with E-state index in [1.807, 2.05) is 31.3 Å². The van der Waals surface area contributed by atoms with Crippen molar-refractivity contribution in [2.75, 3.05) is 62.8 Å². The Labute approximate surface area is 224 Å². The van der Waals surface area contributed by atoms with E-state index in [1.165, 1.54) is 0 Å². The Morgan fingerprint density at radius 2 is 1.89 bits per heavy atom. The molecule has 5 rings (SSSR count).